The van der Waals surface area contributed by atoms with Crippen LogP contribution in [0.1, 0.15) is 17.2 Å². The summed E-state index contributed by atoms with van der Waals surface area (Å²) in [6, 6.07) is 8.69. The Labute approximate surface area is 145 Å². The fourth-order valence-electron chi connectivity index (χ4n) is 4.06. The maximum atomic E-state index is 5.54. The van der Waals surface area contributed by atoms with Crippen LogP contribution < -0.4 is 34.3 Å². The van der Waals surface area contributed by atoms with Gasteiger partial charge in [-0.05, 0) is 41.1 Å². The summed E-state index contributed by atoms with van der Waals surface area (Å²) < 4.78 is 22.0. The highest BCUT2D eigenvalue weighted by atomic mass is 16.7. The van der Waals surface area contributed by atoms with Gasteiger partial charge in [0.15, 0.2) is 23.0 Å². The van der Waals surface area contributed by atoms with Crippen molar-refractivity contribution in [3.63, 3.8) is 0 Å². The minimum absolute atomic E-state index is 0.274. The molecule has 0 radical (unpaired) electrons. The lowest BCUT2D eigenvalue weighted by Gasteiger charge is -2.32. The van der Waals surface area contributed by atoms with Crippen molar-refractivity contribution >= 4 is 12.3 Å². The molecular weight excluding hydrogens is 318 g/mol. The molecule has 0 bridgehead atoms. The van der Waals surface area contributed by atoms with Gasteiger partial charge in [-0.2, -0.15) is 0 Å². The molecular formula is C20H20NO4+. The lowest BCUT2D eigenvalue weighted by atomic mass is 9.90. The van der Waals surface area contributed by atoms with Crippen LogP contribution in [0.2, 0.25) is 0 Å². The van der Waals surface area contributed by atoms with Crippen LogP contribution in [0, 0.1) is 0 Å². The van der Waals surface area contributed by atoms with E-state index in [2.05, 4.69) is 36.5 Å². The van der Waals surface area contributed by atoms with Crippen LogP contribution in [0.3, 0.4) is 0 Å². The highest BCUT2D eigenvalue weighted by Crippen LogP contribution is 2.35. The second-order valence-electron chi connectivity index (χ2n) is 6.60. The molecule has 3 aliphatic heterocycles. The lowest BCUT2D eigenvalue weighted by Crippen LogP contribution is -3.09. The average Bonchev–Trinajstić information content (AvgIpc) is 3.10. The molecule has 5 nitrogen and oxygen atoms in total. The highest BCUT2D eigenvalue weighted by molar-refractivity contribution is 5.55. The summed E-state index contributed by atoms with van der Waals surface area (Å²) in [5, 5.41) is 2.40. The van der Waals surface area contributed by atoms with Gasteiger partial charge >= 0.3 is 0 Å². The molecule has 0 spiro atoms. The lowest BCUT2D eigenvalue weighted by molar-refractivity contribution is -0.844. The molecule has 3 aliphatic rings. The molecule has 2 aromatic carbocycles. The van der Waals surface area contributed by atoms with Crippen LogP contribution in [0.15, 0.2) is 24.3 Å². The van der Waals surface area contributed by atoms with E-state index < -0.39 is 0 Å². The molecule has 0 aromatic heterocycles. The second kappa shape index (κ2) is 5.43. The molecule has 128 valence electrons. The van der Waals surface area contributed by atoms with E-state index in [0.29, 0.717) is 6.79 Å². The third kappa shape index (κ3) is 2.19. The van der Waals surface area contributed by atoms with E-state index in [1.807, 2.05) is 0 Å². The van der Waals surface area contributed by atoms with E-state index in [-0.39, 0.29) is 6.04 Å². The molecule has 25 heavy (non-hydrogen) atoms. The molecule has 0 saturated carbocycles. The zero-order valence-electron chi connectivity index (χ0n) is 14.3. The van der Waals surface area contributed by atoms with Gasteiger partial charge in [0, 0.05) is 17.2 Å². The third-order valence-electron chi connectivity index (χ3n) is 5.33. The Bertz CT molecular complexity index is 982. The summed E-state index contributed by atoms with van der Waals surface area (Å²) in [5.74, 6) is 3.25. The normalized spacial score (nSPS) is 22.0. The van der Waals surface area contributed by atoms with Gasteiger partial charge in [-0.25, -0.2) is 0 Å². The van der Waals surface area contributed by atoms with Crippen LogP contribution in [-0.4, -0.2) is 27.6 Å². The van der Waals surface area contributed by atoms with Gasteiger partial charge in [0.1, 0.15) is 12.2 Å². The molecule has 1 N–H and O–H groups in total. The van der Waals surface area contributed by atoms with Crippen molar-refractivity contribution in [2.45, 2.75) is 12.5 Å². The standard InChI is InChI=1S/C20H19NO4/c1-22-17-6-12-3-4-21-10-14-8-20-19(24-11-25-20)7-13(14)5-16(21)15(12)9-18(17)23-2/h5-10,16H,3-4,11H2,1-2H3/p+1. The number of benzene rings is 2. The summed E-state index contributed by atoms with van der Waals surface area (Å²) >= 11 is 0. The van der Waals surface area contributed by atoms with Gasteiger partial charge in [0.2, 0.25) is 6.79 Å². The van der Waals surface area contributed by atoms with Crippen LogP contribution in [-0.2, 0) is 6.42 Å². The summed E-state index contributed by atoms with van der Waals surface area (Å²) in [6.07, 6.45) is 5.66. The zero-order chi connectivity index (χ0) is 17.0. The first-order valence-corrected chi connectivity index (χ1v) is 8.50. The first kappa shape index (κ1) is 14.7. The van der Waals surface area contributed by atoms with Crippen molar-refractivity contribution in [1.29, 1.82) is 0 Å². The Morgan fingerprint density at radius 3 is 2.44 bits per heavy atom. The number of methoxy groups -OCH3 is 2. The third-order valence-corrected chi connectivity index (χ3v) is 5.33. The molecule has 0 saturated heterocycles. The Hall–Kier alpha value is -2.66. The van der Waals surface area contributed by atoms with E-state index in [1.165, 1.54) is 26.5 Å². The van der Waals surface area contributed by atoms with Gasteiger partial charge < -0.3 is 18.9 Å². The first-order chi connectivity index (χ1) is 12.3. The van der Waals surface area contributed by atoms with Crippen LogP contribution in [0.4, 0.5) is 0 Å². The maximum Gasteiger partial charge on any atom is 0.231 e. The quantitative estimate of drug-likeness (QED) is 0.846. The summed E-state index contributed by atoms with van der Waals surface area (Å²) in [6.45, 7) is 1.36. The fraction of sp³-hybridized carbons (Fsp3) is 0.300. The fourth-order valence-corrected chi connectivity index (χ4v) is 4.06. The zero-order valence-corrected chi connectivity index (χ0v) is 14.3. The van der Waals surface area contributed by atoms with Gasteiger partial charge in [0.25, 0.3) is 0 Å². The molecule has 0 aliphatic carbocycles. The summed E-state index contributed by atoms with van der Waals surface area (Å²) in [5.41, 5.74) is 2.64. The number of rotatable bonds is 2. The van der Waals surface area contributed by atoms with Crippen molar-refractivity contribution in [2.24, 2.45) is 0 Å². The van der Waals surface area contributed by atoms with Crippen molar-refractivity contribution in [3.8, 4) is 23.0 Å². The van der Waals surface area contributed by atoms with E-state index >= 15 is 0 Å². The molecule has 2 aromatic rings. The molecule has 2 unspecified atom stereocenters. The van der Waals surface area contributed by atoms with Crippen LogP contribution >= 0.6 is 0 Å². The van der Waals surface area contributed by atoms with Gasteiger partial charge in [-0.15, -0.1) is 0 Å². The molecule has 2 atom stereocenters. The van der Waals surface area contributed by atoms with Crippen molar-refractivity contribution in [2.75, 3.05) is 27.6 Å². The second-order valence-corrected chi connectivity index (χ2v) is 6.60. The average molecular weight is 338 g/mol. The Morgan fingerprint density at radius 1 is 0.960 bits per heavy atom. The van der Waals surface area contributed by atoms with E-state index in [1.54, 1.807) is 14.2 Å². The topological polar surface area (TPSA) is 41.4 Å². The Kier molecular flexibility index (Phi) is 3.18. The predicted molar refractivity (Wildman–Crippen MR) is 92.6 cm³/mol. The SMILES string of the molecule is COc1cc2c(cc1OC)C1C=c3cc4c(cc3=C[NH+]1CC2)OCO4. The monoisotopic (exact) mass is 338 g/mol. The molecule has 3 heterocycles. The highest BCUT2D eigenvalue weighted by Gasteiger charge is 2.32. The number of ether oxygens (including phenoxy) is 4. The van der Waals surface area contributed by atoms with E-state index in [4.69, 9.17) is 18.9 Å². The van der Waals surface area contributed by atoms with Gasteiger partial charge in [0.05, 0.1) is 20.8 Å². The first-order valence-electron chi connectivity index (χ1n) is 8.50. The van der Waals surface area contributed by atoms with Crippen molar-refractivity contribution < 1.29 is 23.8 Å². The van der Waals surface area contributed by atoms with Crippen molar-refractivity contribution in [1.82, 2.24) is 0 Å². The molecule has 5 heteroatoms. The maximum absolute atomic E-state index is 5.54. The van der Waals surface area contributed by atoms with Gasteiger partial charge in [-0.1, -0.05) is 0 Å². The molecule has 0 fully saturated rings. The molecule has 5 rings (SSSR count). The largest absolute Gasteiger partial charge is 0.493 e. The molecule has 0 amide bonds. The van der Waals surface area contributed by atoms with Crippen LogP contribution in [0.5, 0.6) is 23.0 Å². The summed E-state index contributed by atoms with van der Waals surface area (Å²) in [7, 11) is 3.37. The number of nitrogens with one attached hydrogen (secondary N) is 1. The van der Waals surface area contributed by atoms with E-state index in [9.17, 15) is 0 Å². The minimum atomic E-state index is 0.274. The number of hydrogen-bond donors (Lipinski definition) is 1. The van der Waals surface area contributed by atoms with E-state index in [0.717, 1.165) is 36.0 Å². The van der Waals surface area contributed by atoms with Crippen LogP contribution in [0.25, 0.3) is 12.3 Å². The Balaban J connectivity index is 1.67. The van der Waals surface area contributed by atoms with Crippen molar-refractivity contribution in [3.05, 3.63) is 45.8 Å². The number of hydrogen-bond acceptors (Lipinski definition) is 4. The van der Waals surface area contributed by atoms with Gasteiger partial charge in [-0.3, -0.25) is 4.90 Å². The Morgan fingerprint density at radius 2 is 1.68 bits per heavy atom. The number of fused-ring (bicyclic) bond motifs is 5. The smallest absolute Gasteiger partial charge is 0.231 e. The summed E-state index contributed by atoms with van der Waals surface area (Å²) in [4.78, 5) is 1.44. The number of quaternary nitrogens is 1. The minimum Gasteiger partial charge on any atom is -0.493 e. The predicted octanol–water partition coefficient (Wildman–Crippen LogP) is 0.147.